The number of likely N-dealkylation sites (tertiary alicyclic amines) is 1. The van der Waals surface area contributed by atoms with Crippen molar-refractivity contribution in [1.82, 2.24) is 41.0 Å². The molecule has 1 aromatic heterocycles. The maximum Gasteiger partial charge on any atom is 0.271 e. The molecule has 4 N–H and O–H groups in total. The topological polar surface area (TPSA) is 173 Å². The fourth-order valence-electron chi connectivity index (χ4n) is 6.26. The van der Waals surface area contributed by atoms with Crippen molar-refractivity contribution in [2.24, 2.45) is 11.8 Å². The van der Waals surface area contributed by atoms with Crippen molar-refractivity contribution in [3.05, 3.63) is 52.0 Å². The molecule has 15 heteroatoms. The first-order valence-electron chi connectivity index (χ1n) is 17.7. The number of aromatic nitrogens is 1. The minimum Gasteiger partial charge on any atom is -0.345 e. The van der Waals surface area contributed by atoms with Crippen LogP contribution in [0.25, 0.3) is 0 Å². The fraction of sp³-hybridized carbons (Fsp3) is 0.583. The predicted molar refractivity (Wildman–Crippen MR) is 194 cm³/mol. The van der Waals surface area contributed by atoms with Gasteiger partial charge in [-0.05, 0) is 64.2 Å². The second kappa shape index (κ2) is 18.2. The molecule has 3 heterocycles. The maximum absolute atomic E-state index is 14.0. The summed E-state index contributed by atoms with van der Waals surface area (Å²) in [5.41, 5.74) is 1.02. The Morgan fingerprint density at radius 2 is 1.59 bits per heavy atom. The first kappa shape index (κ1) is 39.4. The van der Waals surface area contributed by atoms with Crippen LogP contribution in [0.5, 0.6) is 0 Å². The van der Waals surface area contributed by atoms with Crippen LogP contribution in [0.1, 0.15) is 74.6 Å². The minimum atomic E-state index is -1.01. The molecule has 278 valence electrons. The number of rotatable bonds is 5. The van der Waals surface area contributed by atoms with Crippen molar-refractivity contribution in [3.63, 3.8) is 0 Å². The Labute approximate surface area is 304 Å². The maximum atomic E-state index is 14.0. The van der Waals surface area contributed by atoms with Crippen LogP contribution in [0.15, 0.2) is 35.7 Å². The average molecular weight is 725 g/mol. The number of likely N-dealkylation sites (N-methyl/N-ethyl adjacent to an activating group) is 1. The highest BCUT2D eigenvalue weighted by molar-refractivity contribution is 7.09. The SMILES string of the molecule is CCN1CCC(C(=O)N2CCN(C)C(=O)[C@@H](C)NC(=O)[C@H](C(C)C)NC(=O)[C@H](C)NC(=O)c3csc(n3)[C@H](Cc3ccccc3)NC(=O)C2)CC1. The van der Waals surface area contributed by atoms with Crippen molar-refractivity contribution >= 4 is 46.8 Å². The van der Waals surface area contributed by atoms with Gasteiger partial charge in [-0.15, -0.1) is 11.3 Å². The molecule has 2 aromatic rings. The van der Waals surface area contributed by atoms with E-state index in [1.54, 1.807) is 33.2 Å². The van der Waals surface area contributed by atoms with Crippen LogP contribution >= 0.6 is 11.3 Å². The normalized spacial score (nSPS) is 24.3. The molecule has 2 aliphatic rings. The van der Waals surface area contributed by atoms with Gasteiger partial charge in [-0.1, -0.05) is 51.1 Å². The van der Waals surface area contributed by atoms with Gasteiger partial charge in [0.1, 0.15) is 28.8 Å². The standard InChI is InChI=1S/C36H52N8O6S/c1-7-43-15-13-26(14-16-43)36(50)44-18-17-42(6)35(49)24(5)38-33(48)30(22(2)3)41-31(46)23(4)37-32(47)28-21-51-34(40-28)27(39-29(45)20-44)19-25-11-9-8-10-12-25/h8-12,21-24,26-27,30H,7,13-20H2,1-6H3,(H,37,47)(H,38,48)(H,39,45)(H,41,46)/t23-,24+,27-,30-/m0/s1. The summed E-state index contributed by atoms with van der Waals surface area (Å²) in [6, 6.07) is 6.03. The Balaban J connectivity index is 1.65. The average Bonchev–Trinajstić information content (AvgIpc) is 3.62. The number of fused-ring (bicyclic) bond motifs is 2. The zero-order valence-electron chi connectivity index (χ0n) is 30.4. The van der Waals surface area contributed by atoms with Crippen molar-refractivity contribution in [2.75, 3.05) is 46.3 Å². The van der Waals surface area contributed by atoms with Gasteiger partial charge in [0.15, 0.2) is 0 Å². The van der Waals surface area contributed by atoms with Crippen LogP contribution in [-0.2, 0) is 30.4 Å². The van der Waals surface area contributed by atoms with Gasteiger partial charge in [-0.2, -0.15) is 0 Å². The molecule has 2 aliphatic heterocycles. The number of benzene rings is 1. The van der Waals surface area contributed by atoms with Gasteiger partial charge in [-0.25, -0.2) is 4.98 Å². The molecule has 0 radical (unpaired) electrons. The van der Waals surface area contributed by atoms with E-state index in [4.69, 9.17) is 0 Å². The van der Waals surface area contributed by atoms with Gasteiger partial charge in [0, 0.05) is 31.4 Å². The number of hydrogen-bond acceptors (Lipinski definition) is 9. The van der Waals surface area contributed by atoms with E-state index in [-0.39, 0.29) is 49.0 Å². The molecular formula is C36H52N8O6S. The third kappa shape index (κ3) is 10.8. The molecule has 14 nitrogen and oxygen atoms in total. The second-order valence-corrected chi connectivity index (χ2v) is 14.7. The lowest BCUT2D eigenvalue weighted by Crippen LogP contribution is -2.57. The monoisotopic (exact) mass is 724 g/mol. The first-order chi connectivity index (χ1) is 24.3. The van der Waals surface area contributed by atoms with E-state index in [9.17, 15) is 28.8 Å². The largest absolute Gasteiger partial charge is 0.345 e. The number of carbonyl (C=O) groups excluding carboxylic acids is 6. The molecule has 4 rings (SSSR count). The molecule has 0 saturated carbocycles. The third-order valence-electron chi connectivity index (χ3n) is 9.50. The highest BCUT2D eigenvalue weighted by Crippen LogP contribution is 2.24. The summed E-state index contributed by atoms with van der Waals surface area (Å²) < 4.78 is 0. The number of piperidine rings is 1. The highest BCUT2D eigenvalue weighted by atomic mass is 32.1. The van der Waals surface area contributed by atoms with Crippen LogP contribution in [-0.4, -0.2) is 120 Å². The van der Waals surface area contributed by atoms with Crippen LogP contribution in [0, 0.1) is 11.8 Å². The zero-order chi connectivity index (χ0) is 37.2. The van der Waals surface area contributed by atoms with Crippen LogP contribution in [0.4, 0.5) is 0 Å². The Hall–Kier alpha value is -4.37. The summed E-state index contributed by atoms with van der Waals surface area (Å²) in [6.07, 6.45) is 1.74. The van der Waals surface area contributed by atoms with E-state index in [2.05, 4.69) is 38.1 Å². The Kier molecular flexibility index (Phi) is 14.1. The summed E-state index contributed by atoms with van der Waals surface area (Å²) in [4.78, 5) is 90.6. The van der Waals surface area contributed by atoms with Crippen molar-refractivity contribution in [2.45, 2.75) is 78.0 Å². The molecule has 0 unspecified atom stereocenters. The van der Waals surface area contributed by atoms with Gasteiger partial charge < -0.3 is 36.0 Å². The Morgan fingerprint density at radius 1 is 0.902 bits per heavy atom. The van der Waals surface area contributed by atoms with Crippen LogP contribution < -0.4 is 21.3 Å². The molecule has 1 saturated heterocycles. The van der Waals surface area contributed by atoms with Gasteiger partial charge in [0.25, 0.3) is 5.91 Å². The number of hydrogen-bond donors (Lipinski definition) is 4. The second-order valence-electron chi connectivity index (χ2n) is 13.8. The summed E-state index contributed by atoms with van der Waals surface area (Å²) in [6.45, 7) is 11.2. The minimum absolute atomic E-state index is 0.0802. The summed E-state index contributed by atoms with van der Waals surface area (Å²) in [7, 11) is 1.59. The summed E-state index contributed by atoms with van der Waals surface area (Å²) in [5, 5.41) is 13.2. The van der Waals surface area contributed by atoms with Gasteiger partial charge in [0.05, 0.1) is 12.6 Å². The summed E-state index contributed by atoms with van der Waals surface area (Å²) >= 11 is 1.21. The van der Waals surface area contributed by atoms with Crippen molar-refractivity contribution in [3.8, 4) is 0 Å². The fourth-order valence-corrected chi connectivity index (χ4v) is 7.11. The summed E-state index contributed by atoms with van der Waals surface area (Å²) in [5.74, 6) is -3.21. The van der Waals surface area contributed by atoms with E-state index in [0.717, 1.165) is 25.2 Å². The molecule has 1 aromatic carbocycles. The lowest BCUT2D eigenvalue weighted by atomic mass is 9.95. The highest BCUT2D eigenvalue weighted by Gasteiger charge is 2.33. The Morgan fingerprint density at radius 3 is 2.24 bits per heavy atom. The van der Waals surface area contributed by atoms with E-state index >= 15 is 0 Å². The molecule has 6 amide bonds. The first-order valence-corrected chi connectivity index (χ1v) is 18.6. The Bertz CT molecular complexity index is 1540. The van der Waals surface area contributed by atoms with Gasteiger partial charge in [-0.3, -0.25) is 28.8 Å². The molecule has 51 heavy (non-hydrogen) atoms. The number of carbonyl (C=O) groups is 6. The van der Waals surface area contributed by atoms with Gasteiger partial charge in [0.2, 0.25) is 29.5 Å². The number of nitrogens with zero attached hydrogens (tertiary/aromatic N) is 4. The number of nitrogens with one attached hydrogen (secondary N) is 4. The quantitative estimate of drug-likeness (QED) is 0.358. The third-order valence-corrected chi connectivity index (χ3v) is 10.5. The molecule has 2 bridgehead atoms. The lowest BCUT2D eigenvalue weighted by molar-refractivity contribution is -0.142. The smallest absolute Gasteiger partial charge is 0.271 e. The molecule has 0 aliphatic carbocycles. The number of amides is 6. The lowest BCUT2D eigenvalue weighted by Gasteiger charge is -2.34. The molecule has 4 atom stereocenters. The molecule has 1 fully saturated rings. The van der Waals surface area contributed by atoms with Gasteiger partial charge >= 0.3 is 0 Å². The van der Waals surface area contributed by atoms with E-state index < -0.39 is 47.8 Å². The zero-order valence-corrected chi connectivity index (χ0v) is 31.3. The number of thiazole rings is 1. The molecular weight excluding hydrogens is 673 g/mol. The predicted octanol–water partition coefficient (Wildman–Crippen LogP) is 1.34. The van der Waals surface area contributed by atoms with Crippen LogP contribution in [0.2, 0.25) is 0 Å². The van der Waals surface area contributed by atoms with E-state index in [1.807, 2.05) is 30.3 Å². The van der Waals surface area contributed by atoms with E-state index in [1.165, 1.54) is 28.1 Å². The van der Waals surface area contributed by atoms with Crippen molar-refractivity contribution in [1.29, 1.82) is 0 Å². The van der Waals surface area contributed by atoms with Crippen LogP contribution in [0.3, 0.4) is 0 Å². The van der Waals surface area contributed by atoms with E-state index in [0.29, 0.717) is 24.3 Å². The van der Waals surface area contributed by atoms with Crippen molar-refractivity contribution < 1.29 is 28.8 Å². The molecule has 0 spiro atoms.